The predicted molar refractivity (Wildman–Crippen MR) is 74.2 cm³/mol. The summed E-state index contributed by atoms with van der Waals surface area (Å²) >= 11 is 0. The maximum Gasteiger partial charge on any atom is 0.258 e. The van der Waals surface area contributed by atoms with Gasteiger partial charge in [-0.25, -0.2) is 0 Å². The molecule has 1 aromatic carbocycles. The van der Waals surface area contributed by atoms with E-state index in [4.69, 9.17) is 9.63 Å². The van der Waals surface area contributed by atoms with Crippen LogP contribution < -0.4 is 5.32 Å². The number of amides is 1. The zero-order valence-corrected chi connectivity index (χ0v) is 11.0. The van der Waals surface area contributed by atoms with Gasteiger partial charge in [0.05, 0.1) is 12.3 Å². The summed E-state index contributed by atoms with van der Waals surface area (Å²) < 4.78 is 4.92. The minimum atomic E-state index is -0.268. The molecule has 0 spiro atoms. The zero-order chi connectivity index (χ0) is 14.4. The highest BCUT2D eigenvalue weighted by atomic mass is 16.5. The van der Waals surface area contributed by atoms with Gasteiger partial charge in [-0.1, -0.05) is 17.0 Å². The van der Waals surface area contributed by atoms with Gasteiger partial charge in [0.25, 0.3) is 5.91 Å². The number of anilines is 1. The van der Waals surface area contributed by atoms with Crippen LogP contribution >= 0.6 is 0 Å². The standard InChI is InChI=1S/C15H14N2O3/c1-11-10-14(20-17-11)16-15(19)13-7-5-12(6-8-13)4-2-3-9-18/h5-8,10,18H,3,9H2,1H3,(H,16,19). The first kappa shape index (κ1) is 13.8. The number of carbonyl (C=O) groups excluding carboxylic acids is 1. The van der Waals surface area contributed by atoms with Crippen molar-refractivity contribution < 1.29 is 14.4 Å². The molecule has 0 fully saturated rings. The van der Waals surface area contributed by atoms with E-state index in [1.54, 1.807) is 37.3 Å². The first-order chi connectivity index (χ1) is 9.69. The van der Waals surface area contributed by atoms with Crippen molar-refractivity contribution in [3.8, 4) is 11.8 Å². The first-order valence-electron chi connectivity index (χ1n) is 6.13. The second kappa shape index (κ2) is 6.55. The number of hydrogen-bond donors (Lipinski definition) is 2. The summed E-state index contributed by atoms with van der Waals surface area (Å²) in [7, 11) is 0. The van der Waals surface area contributed by atoms with Gasteiger partial charge in [0.1, 0.15) is 0 Å². The molecule has 1 heterocycles. The van der Waals surface area contributed by atoms with E-state index in [0.717, 1.165) is 5.56 Å². The van der Waals surface area contributed by atoms with Crippen LogP contribution in [0.5, 0.6) is 0 Å². The number of carbonyl (C=O) groups is 1. The molecule has 0 unspecified atom stereocenters. The van der Waals surface area contributed by atoms with E-state index in [0.29, 0.717) is 23.6 Å². The van der Waals surface area contributed by atoms with Crippen LogP contribution in [-0.4, -0.2) is 22.8 Å². The molecule has 102 valence electrons. The quantitative estimate of drug-likeness (QED) is 0.836. The Morgan fingerprint density at radius 1 is 1.40 bits per heavy atom. The molecule has 1 aromatic heterocycles. The van der Waals surface area contributed by atoms with Crippen molar-refractivity contribution in [2.45, 2.75) is 13.3 Å². The number of rotatable bonds is 3. The average molecular weight is 270 g/mol. The predicted octanol–water partition coefficient (Wildman–Crippen LogP) is 1.97. The molecule has 0 saturated carbocycles. The molecule has 0 aliphatic carbocycles. The van der Waals surface area contributed by atoms with Crippen molar-refractivity contribution in [1.82, 2.24) is 5.16 Å². The molecule has 2 aromatic rings. The molecule has 1 amide bonds. The highest BCUT2D eigenvalue weighted by Crippen LogP contribution is 2.11. The summed E-state index contributed by atoms with van der Waals surface area (Å²) in [5, 5.41) is 14.9. The smallest absolute Gasteiger partial charge is 0.258 e. The molecule has 2 N–H and O–H groups in total. The Kier molecular flexibility index (Phi) is 4.53. The third-order valence-corrected chi connectivity index (χ3v) is 2.48. The van der Waals surface area contributed by atoms with Crippen LogP contribution in [0.3, 0.4) is 0 Å². The van der Waals surface area contributed by atoms with Crippen molar-refractivity contribution in [2.75, 3.05) is 11.9 Å². The maximum absolute atomic E-state index is 11.9. The fourth-order valence-electron chi connectivity index (χ4n) is 1.53. The van der Waals surface area contributed by atoms with Gasteiger partial charge >= 0.3 is 0 Å². The number of nitrogens with zero attached hydrogens (tertiary/aromatic N) is 1. The molecule has 5 nitrogen and oxygen atoms in total. The number of hydrogen-bond acceptors (Lipinski definition) is 4. The van der Waals surface area contributed by atoms with Crippen LogP contribution in [0.25, 0.3) is 0 Å². The maximum atomic E-state index is 11.9. The van der Waals surface area contributed by atoms with E-state index in [1.807, 2.05) is 0 Å². The van der Waals surface area contributed by atoms with Gasteiger partial charge in [0.15, 0.2) is 0 Å². The van der Waals surface area contributed by atoms with Gasteiger partial charge in [-0.05, 0) is 31.2 Å². The van der Waals surface area contributed by atoms with E-state index in [1.165, 1.54) is 0 Å². The summed E-state index contributed by atoms with van der Waals surface area (Å²) in [4.78, 5) is 11.9. The number of aliphatic hydroxyl groups excluding tert-OH is 1. The molecule has 0 aliphatic rings. The number of nitrogens with one attached hydrogen (secondary N) is 1. The lowest BCUT2D eigenvalue weighted by atomic mass is 10.1. The minimum absolute atomic E-state index is 0.0457. The van der Waals surface area contributed by atoms with Crippen molar-refractivity contribution in [2.24, 2.45) is 0 Å². The van der Waals surface area contributed by atoms with Crippen molar-refractivity contribution in [1.29, 1.82) is 0 Å². The highest BCUT2D eigenvalue weighted by Gasteiger charge is 2.08. The Hall–Kier alpha value is -2.58. The summed E-state index contributed by atoms with van der Waals surface area (Å²) in [6.07, 6.45) is 0.438. The first-order valence-corrected chi connectivity index (χ1v) is 6.13. The summed E-state index contributed by atoms with van der Waals surface area (Å²) in [5.74, 6) is 5.76. The second-order valence-corrected chi connectivity index (χ2v) is 4.14. The number of aliphatic hydroxyl groups is 1. The van der Waals surface area contributed by atoms with E-state index >= 15 is 0 Å². The van der Waals surface area contributed by atoms with Crippen molar-refractivity contribution in [3.05, 3.63) is 47.2 Å². The number of aryl methyl sites for hydroxylation is 1. The molecule has 0 atom stereocenters. The Morgan fingerprint density at radius 2 is 2.15 bits per heavy atom. The van der Waals surface area contributed by atoms with Crippen molar-refractivity contribution in [3.63, 3.8) is 0 Å². The van der Waals surface area contributed by atoms with Crippen LogP contribution in [0.1, 0.15) is 28.0 Å². The minimum Gasteiger partial charge on any atom is -0.395 e. The lowest BCUT2D eigenvalue weighted by Crippen LogP contribution is -2.11. The fraction of sp³-hybridized carbons (Fsp3) is 0.200. The van der Waals surface area contributed by atoms with E-state index in [2.05, 4.69) is 22.3 Å². The lowest BCUT2D eigenvalue weighted by molar-refractivity contribution is 0.102. The molecule has 20 heavy (non-hydrogen) atoms. The van der Waals surface area contributed by atoms with Crippen LogP contribution in [0.15, 0.2) is 34.9 Å². The van der Waals surface area contributed by atoms with Crippen LogP contribution in [0.2, 0.25) is 0 Å². The van der Waals surface area contributed by atoms with Gasteiger partial charge in [-0.3, -0.25) is 10.1 Å². The monoisotopic (exact) mass is 270 g/mol. The summed E-state index contributed by atoms with van der Waals surface area (Å²) in [6.45, 7) is 1.82. The molecular weight excluding hydrogens is 256 g/mol. The summed E-state index contributed by atoms with van der Waals surface area (Å²) in [5.41, 5.74) is 2.01. The van der Waals surface area contributed by atoms with Gasteiger partial charge in [0.2, 0.25) is 5.88 Å². The average Bonchev–Trinajstić information content (AvgIpc) is 2.85. The Balaban J connectivity index is 2.02. The van der Waals surface area contributed by atoms with E-state index in [-0.39, 0.29) is 12.5 Å². The molecule has 5 heteroatoms. The van der Waals surface area contributed by atoms with E-state index in [9.17, 15) is 4.79 Å². The third-order valence-electron chi connectivity index (χ3n) is 2.48. The van der Waals surface area contributed by atoms with Gasteiger partial charge < -0.3 is 9.63 Å². The zero-order valence-electron chi connectivity index (χ0n) is 11.0. The highest BCUT2D eigenvalue weighted by molar-refractivity contribution is 6.03. The third kappa shape index (κ3) is 3.70. The van der Waals surface area contributed by atoms with E-state index < -0.39 is 0 Å². The molecule has 0 radical (unpaired) electrons. The summed E-state index contributed by atoms with van der Waals surface area (Å²) in [6, 6.07) is 8.52. The topological polar surface area (TPSA) is 75.4 Å². The fourth-order valence-corrected chi connectivity index (χ4v) is 1.53. The van der Waals surface area contributed by atoms with Crippen LogP contribution in [0.4, 0.5) is 5.88 Å². The number of benzene rings is 1. The van der Waals surface area contributed by atoms with Gasteiger partial charge in [-0.15, -0.1) is 0 Å². The molecule has 0 aliphatic heterocycles. The van der Waals surface area contributed by atoms with Gasteiger partial charge in [0, 0.05) is 23.6 Å². The Bertz CT molecular complexity index is 648. The Morgan fingerprint density at radius 3 is 2.75 bits per heavy atom. The SMILES string of the molecule is Cc1cc(NC(=O)c2ccc(C#CCCO)cc2)on1. The second-order valence-electron chi connectivity index (χ2n) is 4.14. The molecule has 0 saturated heterocycles. The largest absolute Gasteiger partial charge is 0.395 e. The normalized spacial score (nSPS) is 9.70. The van der Waals surface area contributed by atoms with Gasteiger partial charge in [-0.2, -0.15) is 0 Å². The van der Waals surface area contributed by atoms with Crippen LogP contribution in [-0.2, 0) is 0 Å². The van der Waals surface area contributed by atoms with Crippen LogP contribution in [0, 0.1) is 18.8 Å². The molecule has 2 rings (SSSR count). The number of aromatic nitrogens is 1. The molecule has 0 bridgehead atoms. The molecular formula is C15H14N2O3. The van der Waals surface area contributed by atoms with Crippen molar-refractivity contribution >= 4 is 11.8 Å². The lowest BCUT2D eigenvalue weighted by Gasteiger charge is -2.01. The Labute approximate surface area is 116 Å².